The van der Waals surface area contributed by atoms with Crippen molar-refractivity contribution in [3.8, 4) is 6.07 Å². The Labute approximate surface area is 113 Å². The summed E-state index contributed by atoms with van der Waals surface area (Å²) in [6, 6.07) is 4.09. The van der Waals surface area contributed by atoms with E-state index in [2.05, 4.69) is 23.4 Å². The fraction of sp³-hybridized carbons (Fsp3) is 0.643. The zero-order valence-corrected chi connectivity index (χ0v) is 11.3. The first kappa shape index (κ1) is 13.6. The molecule has 1 aliphatic rings. The van der Waals surface area contributed by atoms with E-state index in [4.69, 9.17) is 0 Å². The summed E-state index contributed by atoms with van der Waals surface area (Å²) in [6.07, 6.45) is 8.09. The molecule has 5 nitrogen and oxygen atoms in total. The van der Waals surface area contributed by atoms with Gasteiger partial charge in [-0.1, -0.05) is 13.3 Å². The van der Waals surface area contributed by atoms with Crippen LogP contribution in [0.1, 0.15) is 39.0 Å². The molecule has 0 aromatic carbocycles. The van der Waals surface area contributed by atoms with Gasteiger partial charge in [0.25, 0.3) is 0 Å². The Hall–Kier alpha value is -1.83. The molecular weight excluding hydrogens is 240 g/mol. The van der Waals surface area contributed by atoms with Crippen molar-refractivity contribution >= 4 is 5.91 Å². The molecule has 1 fully saturated rings. The lowest BCUT2D eigenvalue weighted by Gasteiger charge is -2.35. The van der Waals surface area contributed by atoms with Crippen molar-refractivity contribution < 1.29 is 4.79 Å². The maximum Gasteiger partial charge on any atom is 0.242 e. The Morgan fingerprint density at radius 1 is 1.58 bits per heavy atom. The number of nitrogens with zero attached hydrogens (tertiary/aromatic N) is 3. The van der Waals surface area contributed by atoms with Crippen LogP contribution in [0.25, 0.3) is 0 Å². The van der Waals surface area contributed by atoms with Crippen molar-refractivity contribution in [2.45, 2.75) is 51.1 Å². The third kappa shape index (κ3) is 3.34. The number of hydrogen-bond acceptors (Lipinski definition) is 3. The zero-order chi connectivity index (χ0) is 13.7. The molecule has 0 unspecified atom stereocenters. The van der Waals surface area contributed by atoms with Gasteiger partial charge in [0, 0.05) is 12.4 Å². The molecule has 1 aromatic heterocycles. The molecule has 5 heteroatoms. The fourth-order valence-corrected chi connectivity index (χ4v) is 2.69. The number of carbonyl (C=O) groups is 1. The SMILES string of the molecule is CCC1CCC(C#N)(NC(=O)Cn2cccn2)CC1. The van der Waals surface area contributed by atoms with Gasteiger partial charge in [0.15, 0.2) is 0 Å². The highest BCUT2D eigenvalue weighted by molar-refractivity contribution is 5.77. The largest absolute Gasteiger partial charge is 0.336 e. The summed E-state index contributed by atoms with van der Waals surface area (Å²) in [5, 5.41) is 16.3. The Morgan fingerprint density at radius 3 is 2.84 bits per heavy atom. The average Bonchev–Trinajstić information content (AvgIpc) is 2.92. The molecule has 0 spiro atoms. The van der Waals surface area contributed by atoms with Gasteiger partial charge < -0.3 is 5.32 Å². The van der Waals surface area contributed by atoms with E-state index in [1.165, 1.54) is 0 Å². The average molecular weight is 260 g/mol. The lowest BCUT2D eigenvalue weighted by atomic mass is 9.76. The number of nitriles is 1. The molecular formula is C14H20N4O. The van der Waals surface area contributed by atoms with Crippen LogP contribution < -0.4 is 5.32 Å². The Morgan fingerprint density at radius 2 is 2.32 bits per heavy atom. The molecule has 1 aromatic rings. The summed E-state index contributed by atoms with van der Waals surface area (Å²) in [7, 11) is 0. The van der Waals surface area contributed by atoms with Crippen molar-refractivity contribution in [1.82, 2.24) is 15.1 Å². The monoisotopic (exact) mass is 260 g/mol. The highest BCUT2D eigenvalue weighted by Gasteiger charge is 2.36. The third-order valence-electron chi connectivity index (χ3n) is 3.99. The van der Waals surface area contributed by atoms with E-state index in [9.17, 15) is 10.1 Å². The van der Waals surface area contributed by atoms with Crippen LogP contribution in [0.3, 0.4) is 0 Å². The topological polar surface area (TPSA) is 70.7 Å². The van der Waals surface area contributed by atoms with Crippen molar-refractivity contribution in [1.29, 1.82) is 5.26 Å². The van der Waals surface area contributed by atoms with Gasteiger partial charge in [-0.3, -0.25) is 9.48 Å². The second-order valence-corrected chi connectivity index (χ2v) is 5.30. The molecule has 102 valence electrons. The number of aromatic nitrogens is 2. The summed E-state index contributed by atoms with van der Waals surface area (Å²) in [4.78, 5) is 12.0. The summed E-state index contributed by atoms with van der Waals surface area (Å²) in [6.45, 7) is 2.36. The van der Waals surface area contributed by atoms with Crippen LogP contribution in [0.5, 0.6) is 0 Å². The summed E-state index contributed by atoms with van der Waals surface area (Å²) >= 11 is 0. The fourth-order valence-electron chi connectivity index (χ4n) is 2.69. The molecule has 0 aliphatic heterocycles. The molecule has 0 bridgehead atoms. The first-order valence-electron chi connectivity index (χ1n) is 6.87. The number of hydrogen-bond donors (Lipinski definition) is 1. The minimum absolute atomic E-state index is 0.139. The van der Waals surface area contributed by atoms with Crippen LogP contribution in [-0.4, -0.2) is 21.2 Å². The van der Waals surface area contributed by atoms with E-state index in [0.29, 0.717) is 5.92 Å². The van der Waals surface area contributed by atoms with Gasteiger partial charge in [-0.2, -0.15) is 10.4 Å². The predicted octanol–water partition coefficient (Wildman–Crippen LogP) is 1.86. The van der Waals surface area contributed by atoms with Crippen LogP contribution in [-0.2, 0) is 11.3 Å². The van der Waals surface area contributed by atoms with Crippen LogP contribution in [0, 0.1) is 17.2 Å². The van der Waals surface area contributed by atoms with Crippen LogP contribution in [0.4, 0.5) is 0 Å². The van der Waals surface area contributed by atoms with E-state index >= 15 is 0 Å². The highest BCUT2D eigenvalue weighted by atomic mass is 16.2. The summed E-state index contributed by atoms with van der Waals surface area (Å²) in [5.41, 5.74) is -0.671. The zero-order valence-electron chi connectivity index (χ0n) is 11.3. The number of carbonyl (C=O) groups excluding carboxylic acids is 1. The lowest BCUT2D eigenvalue weighted by Crippen LogP contribution is -2.50. The Kier molecular flexibility index (Phi) is 4.20. The normalized spacial score (nSPS) is 26.6. The maximum absolute atomic E-state index is 12.0. The molecule has 0 radical (unpaired) electrons. The van der Waals surface area contributed by atoms with Crippen LogP contribution in [0.15, 0.2) is 18.5 Å². The minimum Gasteiger partial charge on any atom is -0.336 e. The van der Waals surface area contributed by atoms with E-state index < -0.39 is 5.54 Å². The smallest absolute Gasteiger partial charge is 0.242 e. The van der Waals surface area contributed by atoms with Gasteiger partial charge in [0.2, 0.25) is 5.91 Å². The van der Waals surface area contributed by atoms with Crippen LogP contribution >= 0.6 is 0 Å². The number of amides is 1. The van der Waals surface area contributed by atoms with Gasteiger partial charge in [0.1, 0.15) is 12.1 Å². The van der Waals surface area contributed by atoms with Gasteiger partial charge in [-0.05, 0) is 37.7 Å². The molecule has 1 saturated carbocycles. The van der Waals surface area contributed by atoms with E-state index in [1.807, 2.05) is 0 Å². The lowest BCUT2D eigenvalue weighted by molar-refractivity contribution is -0.123. The second-order valence-electron chi connectivity index (χ2n) is 5.30. The first-order valence-corrected chi connectivity index (χ1v) is 6.87. The van der Waals surface area contributed by atoms with Gasteiger partial charge in [-0.25, -0.2) is 0 Å². The third-order valence-corrected chi connectivity index (χ3v) is 3.99. The van der Waals surface area contributed by atoms with Gasteiger partial charge in [0.05, 0.1) is 6.07 Å². The molecule has 1 N–H and O–H groups in total. The summed E-state index contributed by atoms with van der Waals surface area (Å²) < 4.78 is 1.57. The second kappa shape index (κ2) is 5.87. The molecule has 0 saturated heterocycles. The first-order chi connectivity index (χ1) is 9.17. The van der Waals surface area contributed by atoms with E-state index in [1.54, 1.807) is 23.1 Å². The highest BCUT2D eigenvalue weighted by Crippen LogP contribution is 2.33. The molecule has 2 rings (SSSR count). The molecule has 0 atom stereocenters. The van der Waals surface area contributed by atoms with Crippen molar-refractivity contribution in [3.63, 3.8) is 0 Å². The number of nitrogens with one attached hydrogen (secondary N) is 1. The van der Waals surface area contributed by atoms with Crippen molar-refractivity contribution in [3.05, 3.63) is 18.5 Å². The van der Waals surface area contributed by atoms with E-state index in [-0.39, 0.29) is 12.5 Å². The number of rotatable bonds is 4. The molecule has 1 heterocycles. The standard InChI is InChI=1S/C14H20N4O/c1-2-12-4-6-14(11-15,7-5-12)17-13(19)10-18-9-3-8-16-18/h3,8-9,12H,2,4-7,10H2,1H3,(H,17,19). The van der Waals surface area contributed by atoms with E-state index in [0.717, 1.165) is 32.1 Å². The van der Waals surface area contributed by atoms with Crippen LogP contribution in [0.2, 0.25) is 0 Å². The van der Waals surface area contributed by atoms with Crippen molar-refractivity contribution in [2.24, 2.45) is 5.92 Å². The van der Waals surface area contributed by atoms with Gasteiger partial charge >= 0.3 is 0 Å². The quantitative estimate of drug-likeness (QED) is 0.898. The minimum atomic E-state index is -0.671. The Balaban J connectivity index is 1.92. The summed E-state index contributed by atoms with van der Waals surface area (Å²) in [5.74, 6) is 0.560. The molecule has 19 heavy (non-hydrogen) atoms. The van der Waals surface area contributed by atoms with Crippen molar-refractivity contribution in [2.75, 3.05) is 0 Å². The Bertz CT molecular complexity index is 452. The maximum atomic E-state index is 12.0. The van der Waals surface area contributed by atoms with Gasteiger partial charge in [-0.15, -0.1) is 0 Å². The molecule has 1 amide bonds. The molecule has 1 aliphatic carbocycles. The predicted molar refractivity (Wildman–Crippen MR) is 71.0 cm³/mol.